The van der Waals surface area contributed by atoms with Gasteiger partial charge < -0.3 is 15.4 Å². The molecule has 0 bridgehead atoms. The summed E-state index contributed by atoms with van der Waals surface area (Å²) in [5.74, 6) is 0.437. The average molecular weight is 409 g/mol. The van der Waals surface area contributed by atoms with Crippen molar-refractivity contribution in [3.05, 3.63) is 64.1 Å². The van der Waals surface area contributed by atoms with Crippen LogP contribution in [-0.4, -0.2) is 31.5 Å². The van der Waals surface area contributed by atoms with Crippen LogP contribution in [0.3, 0.4) is 0 Å². The third kappa shape index (κ3) is 8.33. The van der Waals surface area contributed by atoms with Crippen LogP contribution in [0, 0.1) is 0 Å². The Morgan fingerprint density at radius 3 is 2.26 bits per heavy atom. The summed E-state index contributed by atoms with van der Waals surface area (Å²) in [6.07, 6.45) is 1.22. The fourth-order valence-corrected chi connectivity index (χ4v) is 2.64. The zero-order chi connectivity index (χ0) is 19.5. The number of rotatable bonds is 10. The van der Waals surface area contributed by atoms with Gasteiger partial charge in [0.15, 0.2) is 0 Å². The number of carbonyl (C=O) groups excluding carboxylic acids is 2. The van der Waals surface area contributed by atoms with E-state index in [4.69, 9.17) is 27.9 Å². The number of carbonyl (C=O) groups is 2. The van der Waals surface area contributed by atoms with E-state index >= 15 is 0 Å². The van der Waals surface area contributed by atoms with E-state index in [1.807, 2.05) is 24.3 Å². The molecule has 0 saturated heterocycles. The first kappa shape index (κ1) is 21.1. The van der Waals surface area contributed by atoms with Crippen molar-refractivity contribution in [2.45, 2.75) is 19.3 Å². The Kier molecular flexibility index (Phi) is 8.95. The molecule has 7 heteroatoms. The van der Waals surface area contributed by atoms with Crippen molar-refractivity contribution < 1.29 is 14.3 Å². The number of hydrogen-bond donors (Lipinski definition) is 2. The Morgan fingerprint density at radius 2 is 1.56 bits per heavy atom. The predicted octanol–water partition coefficient (Wildman–Crippen LogP) is 3.63. The SMILES string of the molecule is O=C(CCCOc1ccccc1Cl)NCCNC(=O)Cc1ccc(Cl)cc1. The van der Waals surface area contributed by atoms with Crippen LogP contribution in [0.4, 0.5) is 0 Å². The molecule has 144 valence electrons. The Bertz CT molecular complexity index is 751. The lowest BCUT2D eigenvalue weighted by Crippen LogP contribution is -2.35. The molecule has 0 unspecified atom stereocenters. The molecule has 0 aliphatic heterocycles. The Labute approximate surface area is 169 Å². The van der Waals surface area contributed by atoms with Gasteiger partial charge in [-0.1, -0.05) is 47.5 Å². The number of amides is 2. The van der Waals surface area contributed by atoms with Gasteiger partial charge in [-0.3, -0.25) is 9.59 Å². The Balaban J connectivity index is 1.52. The highest BCUT2D eigenvalue weighted by atomic mass is 35.5. The Morgan fingerprint density at radius 1 is 0.889 bits per heavy atom. The zero-order valence-electron chi connectivity index (χ0n) is 14.8. The molecule has 0 aromatic heterocycles. The molecule has 0 heterocycles. The first-order valence-electron chi connectivity index (χ1n) is 8.70. The topological polar surface area (TPSA) is 67.4 Å². The summed E-state index contributed by atoms with van der Waals surface area (Å²) in [5, 5.41) is 6.73. The number of nitrogens with one attached hydrogen (secondary N) is 2. The van der Waals surface area contributed by atoms with Gasteiger partial charge in [-0.15, -0.1) is 0 Å². The lowest BCUT2D eigenvalue weighted by atomic mass is 10.1. The quantitative estimate of drug-likeness (QED) is 0.589. The van der Waals surface area contributed by atoms with Gasteiger partial charge in [0.05, 0.1) is 18.1 Å². The Hall–Kier alpha value is -2.24. The highest BCUT2D eigenvalue weighted by Crippen LogP contribution is 2.23. The summed E-state index contributed by atoms with van der Waals surface area (Å²) in [4.78, 5) is 23.6. The molecule has 0 saturated carbocycles. The van der Waals surface area contributed by atoms with Crippen molar-refractivity contribution in [3.8, 4) is 5.75 Å². The van der Waals surface area contributed by atoms with Crippen molar-refractivity contribution in [1.82, 2.24) is 10.6 Å². The molecular weight excluding hydrogens is 387 g/mol. The van der Waals surface area contributed by atoms with Gasteiger partial charge in [0.2, 0.25) is 11.8 Å². The van der Waals surface area contributed by atoms with E-state index in [9.17, 15) is 9.59 Å². The molecule has 0 atom stereocenters. The minimum Gasteiger partial charge on any atom is -0.492 e. The van der Waals surface area contributed by atoms with Crippen LogP contribution in [-0.2, 0) is 16.0 Å². The van der Waals surface area contributed by atoms with E-state index in [0.29, 0.717) is 48.3 Å². The molecule has 2 N–H and O–H groups in total. The van der Waals surface area contributed by atoms with Crippen LogP contribution < -0.4 is 15.4 Å². The molecule has 0 radical (unpaired) electrons. The predicted molar refractivity (Wildman–Crippen MR) is 107 cm³/mol. The molecule has 2 rings (SSSR count). The summed E-state index contributed by atoms with van der Waals surface area (Å²) in [7, 11) is 0. The second-order valence-corrected chi connectivity index (χ2v) is 6.73. The van der Waals surface area contributed by atoms with E-state index in [0.717, 1.165) is 5.56 Å². The molecule has 0 aliphatic rings. The molecule has 2 aromatic carbocycles. The molecule has 2 aromatic rings. The molecule has 5 nitrogen and oxygen atoms in total. The monoisotopic (exact) mass is 408 g/mol. The molecule has 27 heavy (non-hydrogen) atoms. The maximum absolute atomic E-state index is 11.8. The van der Waals surface area contributed by atoms with Crippen LogP contribution in [0.15, 0.2) is 48.5 Å². The number of benzene rings is 2. The van der Waals surface area contributed by atoms with Gasteiger partial charge in [-0.25, -0.2) is 0 Å². The number of hydrogen-bond acceptors (Lipinski definition) is 3. The summed E-state index contributed by atoms with van der Waals surface area (Å²) in [5.41, 5.74) is 0.888. The van der Waals surface area contributed by atoms with E-state index in [1.54, 1.807) is 24.3 Å². The second kappa shape index (κ2) is 11.5. The number of halogens is 2. The van der Waals surface area contributed by atoms with Gasteiger partial charge in [0.25, 0.3) is 0 Å². The smallest absolute Gasteiger partial charge is 0.224 e. The van der Waals surface area contributed by atoms with Crippen molar-refractivity contribution in [1.29, 1.82) is 0 Å². The van der Waals surface area contributed by atoms with E-state index < -0.39 is 0 Å². The van der Waals surface area contributed by atoms with Crippen LogP contribution >= 0.6 is 23.2 Å². The van der Waals surface area contributed by atoms with Crippen LogP contribution in [0.1, 0.15) is 18.4 Å². The zero-order valence-corrected chi connectivity index (χ0v) is 16.4. The third-order valence-corrected chi connectivity index (χ3v) is 4.25. The van der Waals surface area contributed by atoms with Gasteiger partial charge in [0.1, 0.15) is 5.75 Å². The highest BCUT2D eigenvalue weighted by molar-refractivity contribution is 6.32. The summed E-state index contributed by atoms with van der Waals surface area (Å²) in [6.45, 7) is 1.18. The fourth-order valence-electron chi connectivity index (χ4n) is 2.32. The first-order valence-corrected chi connectivity index (χ1v) is 9.45. The lowest BCUT2D eigenvalue weighted by Gasteiger charge is -2.09. The van der Waals surface area contributed by atoms with E-state index in [1.165, 1.54) is 0 Å². The maximum Gasteiger partial charge on any atom is 0.224 e. The maximum atomic E-state index is 11.8. The normalized spacial score (nSPS) is 10.3. The van der Waals surface area contributed by atoms with Crippen LogP contribution in [0.2, 0.25) is 10.0 Å². The highest BCUT2D eigenvalue weighted by Gasteiger charge is 2.05. The van der Waals surface area contributed by atoms with Crippen molar-refractivity contribution >= 4 is 35.0 Å². The van der Waals surface area contributed by atoms with Crippen molar-refractivity contribution in [2.75, 3.05) is 19.7 Å². The van der Waals surface area contributed by atoms with E-state index in [-0.39, 0.29) is 18.2 Å². The van der Waals surface area contributed by atoms with Crippen molar-refractivity contribution in [2.24, 2.45) is 0 Å². The standard InChI is InChI=1S/C20H22Cl2N2O3/c21-16-9-7-15(8-10-16)14-20(26)24-12-11-23-19(25)6-3-13-27-18-5-2-1-4-17(18)22/h1-2,4-5,7-10H,3,6,11-14H2,(H,23,25)(H,24,26). The van der Waals surface area contributed by atoms with E-state index in [2.05, 4.69) is 10.6 Å². The third-order valence-electron chi connectivity index (χ3n) is 3.69. The first-order chi connectivity index (χ1) is 13.0. The summed E-state index contributed by atoms with van der Waals surface area (Å²) >= 11 is 11.8. The molecule has 0 aliphatic carbocycles. The minimum atomic E-state index is -0.0975. The van der Waals surface area contributed by atoms with Gasteiger partial charge >= 0.3 is 0 Å². The minimum absolute atomic E-state index is 0.0790. The van der Waals surface area contributed by atoms with Gasteiger partial charge in [-0.05, 0) is 36.2 Å². The van der Waals surface area contributed by atoms with Gasteiger partial charge in [0, 0.05) is 24.5 Å². The van der Waals surface area contributed by atoms with Crippen LogP contribution in [0.25, 0.3) is 0 Å². The number of ether oxygens (including phenoxy) is 1. The van der Waals surface area contributed by atoms with Crippen LogP contribution in [0.5, 0.6) is 5.75 Å². The van der Waals surface area contributed by atoms with Gasteiger partial charge in [-0.2, -0.15) is 0 Å². The summed E-state index contributed by atoms with van der Waals surface area (Å²) < 4.78 is 5.53. The lowest BCUT2D eigenvalue weighted by molar-refractivity contribution is -0.122. The molecular formula is C20H22Cl2N2O3. The second-order valence-electron chi connectivity index (χ2n) is 5.89. The summed E-state index contributed by atoms with van der Waals surface area (Å²) in [6, 6.07) is 14.3. The largest absolute Gasteiger partial charge is 0.492 e. The molecule has 2 amide bonds. The molecule has 0 spiro atoms. The number of para-hydroxylation sites is 1. The average Bonchev–Trinajstić information content (AvgIpc) is 2.65. The fraction of sp³-hybridized carbons (Fsp3) is 0.300. The molecule has 0 fully saturated rings. The van der Waals surface area contributed by atoms with Crippen molar-refractivity contribution in [3.63, 3.8) is 0 Å².